The lowest BCUT2D eigenvalue weighted by Gasteiger charge is -2.11. The van der Waals surface area contributed by atoms with E-state index in [1.165, 1.54) is 0 Å². The summed E-state index contributed by atoms with van der Waals surface area (Å²) >= 11 is 0. The Balaban J connectivity index is 3.17. The number of aliphatic hydroxyl groups excluding tert-OH is 2. The molecule has 50 valence electrons. The summed E-state index contributed by atoms with van der Waals surface area (Å²) in [6.45, 7) is 1.71. The molecule has 0 radical (unpaired) electrons. The van der Waals surface area contributed by atoms with Gasteiger partial charge in [-0.25, -0.2) is 0 Å². The Kier molecular flexibility index (Phi) is 3.77. The number of hydrogen-bond acceptors (Lipinski definition) is 3. The molecule has 0 fully saturated rings. The lowest BCUT2D eigenvalue weighted by molar-refractivity contribution is 0.114. The largest absolute Gasteiger partial charge is 0.396 e. The van der Waals surface area contributed by atoms with Gasteiger partial charge in [0.2, 0.25) is 0 Å². The third kappa shape index (κ3) is 2.96. The van der Waals surface area contributed by atoms with E-state index in [9.17, 15) is 0 Å². The van der Waals surface area contributed by atoms with Crippen LogP contribution in [0.25, 0.3) is 0 Å². The standard InChI is InChI=1S/C5H13NO2/c1-4(6)5(8)2-3-7/h4-5,7-8H,2-3,6H2,1H3. The van der Waals surface area contributed by atoms with Crippen molar-refractivity contribution in [1.29, 1.82) is 0 Å². The fourth-order valence-corrected chi connectivity index (χ4v) is 0.395. The Morgan fingerprint density at radius 2 is 2.12 bits per heavy atom. The third-order valence-corrected chi connectivity index (χ3v) is 1.03. The highest BCUT2D eigenvalue weighted by Crippen LogP contribution is 1.92. The van der Waals surface area contributed by atoms with Crippen molar-refractivity contribution in [3.8, 4) is 0 Å². The minimum Gasteiger partial charge on any atom is -0.396 e. The van der Waals surface area contributed by atoms with Gasteiger partial charge in [-0.1, -0.05) is 0 Å². The van der Waals surface area contributed by atoms with Crippen LogP contribution in [0, 0.1) is 0 Å². The average molecular weight is 119 g/mol. The van der Waals surface area contributed by atoms with E-state index < -0.39 is 6.10 Å². The second-order valence-corrected chi connectivity index (χ2v) is 1.94. The van der Waals surface area contributed by atoms with Crippen LogP contribution in [0.2, 0.25) is 0 Å². The first-order valence-corrected chi connectivity index (χ1v) is 2.73. The van der Waals surface area contributed by atoms with Gasteiger partial charge < -0.3 is 15.9 Å². The lowest BCUT2D eigenvalue weighted by Crippen LogP contribution is -2.31. The average Bonchev–Trinajstić information content (AvgIpc) is 1.67. The molecule has 0 rings (SSSR count). The first kappa shape index (κ1) is 7.88. The van der Waals surface area contributed by atoms with Crippen LogP contribution in [0.4, 0.5) is 0 Å². The molecule has 3 nitrogen and oxygen atoms in total. The summed E-state index contributed by atoms with van der Waals surface area (Å²) in [5, 5.41) is 17.1. The molecule has 0 aliphatic rings. The van der Waals surface area contributed by atoms with Gasteiger partial charge >= 0.3 is 0 Å². The zero-order valence-corrected chi connectivity index (χ0v) is 5.04. The predicted molar refractivity (Wildman–Crippen MR) is 31.4 cm³/mol. The third-order valence-electron chi connectivity index (χ3n) is 1.03. The molecule has 0 saturated heterocycles. The Morgan fingerprint density at radius 1 is 1.62 bits per heavy atom. The SMILES string of the molecule is CC(N)C(O)CCO. The minimum absolute atomic E-state index is 0.00269. The number of hydrogen-bond donors (Lipinski definition) is 3. The van der Waals surface area contributed by atoms with Crippen LogP contribution >= 0.6 is 0 Å². The molecular formula is C5H13NO2. The Hall–Kier alpha value is -0.120. The second-order valence-electron chi connectivity index (χ2n) is 1.94. The first-order chi connectivity index (χ1) is 3.68. The van der Waals surface area contributed by atoms with E-state index >= 15 is 0 Å². The smallest absolute Gasteiger partial charge is 0.0710 e. The Morgan fingerprint density at radius 3 is 2.25 bits per heavy atom. The van der Waals surface area contributed by atoms with Gasteiger partial charge in [-0.15, -0.1) is 0 Å². The molecule has 2 unspecified atom stereocenters. The fraction of sp³-hybridized carbons (Fsp3) is 1.00. The van der Waals surface area contributed by atoms with E-state index in [0.717, 1.165) is 0 Å². The van der Waals surface area contributed by atoms with Crippen LogP contribution in [0.3, 0.4) is 0 Å². The topological polar surface area (TPSA) is 66.5 Å². The van der Waals surface area contributed by atoms with Gasteiger partial charge in [-0.05, 0) is 13.3 Å². The van der Waals surface area contributed by atoms with E-state index in [2.05, 4.69) is 0 Å². The highest BCUT2D eigenvalue weighted by atomic mass is 16.3. The van der Waals surface area contributed by atoms with Crippen molar-refractivity contribution in [2.45, 2.75) is 25.5 Å². The van der Waals surface area contributed by atoms with Gasteiger partial charge in [0.15, 0.2) is 0 Å². The summed E-state index contributed by atoms with van der Waals surface area (Å²) in [5.41, 5.74) is 5.26. The zero-order valence-electron chi connectivity index (χ0n) is 5.04. The highest BCUT2D eigenvalue weighted by molar-refractivity contribution is 4.64. The molecule has 0 heterocycles. The summed E-state index contributed by atoms with van der Waals surface area (Å²) in [4.78, 5) is 0. The quantitative estimate of drug-likeness (QED) is 0.450. The maximum atomic E-state index is 8.84. The van der Waals surface area contributed by atoms with Crippen LogP contribution in [0.15, 0.2) is 0 Å². The molecule has 3 heteroatoms. The Labute approximate surface area is 49.1 Å². The van der Waals surface area contributed by atoms with Crippen molar-refractivity contribution in [3.05, 3.63) is 0 Å². The molecule has 0 aromatic heterocycles. The summed E-state index contributed by atoms with van der Waals surface area (Å²) in [7, 11) is 0. The molecule has 0 saturated carbocycles. The second kappa shape index (κ2) is 3.83. The molecule has 2 atom stereocenters. The van der Waals surface area contributed by atoms with Gasteiger partial charge in [-0.3, -0.25) is 0 Å². The lowest BCUT2D eigenvalue weighted by atomic mass is 10.1. The van der Waals surface area contributed by atoms with Crippen molar-refractivity contribution in [2.24, 2.45) is 5.73 Å². The van der Waals surface area contributed by atoms with E-state index in [4.69, 9.17) is 15.9 Å². The van der Waals surface area contributed by atoms with Crippen LogP contribution in [0.1, 0.15) is 13.3 Å². The van der Waals surface area contributed by atoms with Crippen LogP contribution in [-0.4, -0.2) is 29.0 Å². The number of nitrogens with two attached hydrogens (primary N) is 1. The summed E-state index contributed by atoms with van der Waals surface area (Å²) < 4.78 is 0. The number of rotatable bonds is 3. The molecule has 0 spiro atoms. The molecule has 0 bridgehead atoms. The van der Waals surface area contributed by atoms with E-state index in [0.29, 0.717) is 6.42 Å². The van der Waals surface area contributed by atoms with E-state index in [-0.39, 0.29) is 12.6 Å². The Bertz CT molecular complexity index is 56.4. The number of aliphatic hydroxyl groups is 2. The zero-order chi connectivity index (χ0) is 6.57. The monoisotopic (exact) mass is 119 g/mol. The van der Waals surface area contributed by atoms with Gasteiger partial charge in [-0.2, -0.15) is 0 Å². The summed E-state index contributed by atoms with van der Waals surface area (Å²) in [6.07, 6.45) is -0.183. The summed E-state index contributed by atoms with van der Waals surface area (Å²) in [5.74, 6) is 0. The van der Waals surface area contributed by atoms with Crippen LogP contribution in [-0.2, 0) is 0 Å². The van der Waals surface area contributed by atoms with Gasteiger partial charge in [0, 0.05) is 12.6 Å². The van der Waals surface area contributed by atoms with E-state index in [1.807, 2.05) is 0 Å². The molecule has 0 aliphatic heterocycles. The molecule has 4 N–H and O–H groups in total. The normalized spacial score (nSPS) is 18.0. The maximum Gasteiger partial charge on any atom is 0.0710 e. The predicted octanol–water partition coefficient (Wildman–Crippen LogP) is -0.923. The van der Waals surface area contributed by atoms with Crippen LogP contribution < -0.4 is 5.73 Å². The van der Waals surface area contributed by atoms with Crippen molar-refractivity contribution in [2.75, 3.05) is 6.61 Å². The van der Waals surface area contributed by atoms with Crippen molar-refractivity contribution >= 4 is 0 Å². The van der Waals surface area contributed by atoms with Crippen LogP contribution in [0.5, 0.6) is 0 Å². The van der Waals surface area contributed by atoms with E-state index in [1.54, 1.807) is 6.92 Å². The highest BCUT2D eigenvalue weighted by Gasteiger charge is 2.06. The molecule has 0 amide bonds. The molecule has 0 aromatic rings. The molecule has 8 heavy (non-hydrogen) atoms. The molecule has 0 aliphatic carbocycles. The maximum absolute atomic E-state index is 8.84. The van der Waals surface area contributed by atoms with Crippen molar-refractivity contribution in [3.63, 3.8) is 0 Å². The van der Waals surface area contributed by atoms with Crippen molar-refractivity contribution in [1.82, 2.24) is 0 Å². The summed E-state index contributed by atoms with van der Waals surface area (Å²) in [6, 6.07) is -0.234. The van der Waals surface area contributed by atoms with Gasteiger partial charge in [0.25, 0.3) is 0 Å². The first-order valence-electron chi connectivity index (χ1n) is 2.73. The minimum atomic E-state index is -0.556. The fourth-order valence-electron chi connectivity index (χ4n) is 0.395. The molecule has 0 aromatic carbocycles. The van der Waals surface area contributed by atoms with Gasteiger partial charge in [0.05, 0.1) is 6.10 Å². The van der Waals surface area contributed by atoms with Crippen molar-refractivity contribution < 1.29 is 10.2 Å². The van der Waals surface area contributed by atoms with Gasteiger partial charge in [0.1, 0.15) is 0 Å². The molecular weight excluding hydrogens is 106 g/mol.